The number of esters is 1. The van der Waals surface area contributed by atoms with Gasteiger partial charge in [0.1, 0.15) is 5.76 Å². The van der Waals surface area contributed by atoms with Crippen LogP contribution in [0.5, 0.6) is 0 Å². The van der Waals surface area contributed by atoms with Crippen molar-refractivity contribution in [3.8, 4) is 0 Å². The van der Waals surface area contributed by atoms with E-state index in [-0.39, 0.29) is 12.1 Å². The fraction of sp³-hybridized carbons (Fsp3) is 0.222. The van der Waals surface area contributed by atoms with Crippen molar-refractivity contribution in [1.29, 1.82) is 0 Å². The fourth-order valence-corrected chi connectivity index (χ4v) is 1.98. The molecule has 0 aliphatic carbocycles. The molecular weight excluding hydrogens is 351 g/mol. The predicted molar refractivity (Wildman–Crippen MR) is 86.6 cm³/mol. The van der Waals surface area contributed by atoms with E-state index in [1.165, 1.54) is 31.4 Å². The second kappa shape index (κ2) is 8.37. The zero-order valence-corrected chi connectivity index (χ0v) is 13.7. The summed E-state index contributed by atoms with van der Waals surface area (Å²) < 4.78 is 47.9. The van der Waals surface area contributed by atoms with Crippen molar-refractivity contribution < 1.29 is 31.9 Å². The van der Waals surface area contributed by atoms with E-state index in [0.717, 1.165) is 18.2 Å². The number of alkyl halides is 3. The molecule has 0 aliphatic rings. The Hall–Kier alpha value is -3.03. The molecular formula is C18H16F3NO4. The molecule has 0 unspecified atom stereocenters. The fourth-order valence-electron chi connectivity index (χ4n) is 1.98. The van der Waals surface area contributed by atoms with E-state index < -0.39 is 29.7 Å². The maximum absolute atomic E-state index is 12.6. The quantitative estimate of drug-likeness (QED) is 0.626. The van der Waals surface area contributed by atoms with Crippen LogP contribution in [0, 0.1) is 0 Å². The minimum Gasteiger partial charge on any atom is -0.467 e. The maximum Gasteiger partial charge on any atom is 0.416 e. The molecule has 0 aliphatic heterocycles. The minimum absolute atomic E-state index is 0.147. The summed E-state index contributed by atoms with van der Waals surface area (Å²) in [7, 11) is 0. The van der Waals surface area contributed by atoms with Crippen LogP contribution in [0.15, 0.2) is 53.2 Å². The highest BCUT2D eigenvalue weighted by Crippen LogP contribution is 2.29. The Morgan fingerprint density at radius 1 is 1.27 bits per heavy atom. The van der Waals surface area contributed by atoms with Gasteiger partial charge in [0.2, 0.25) is 0 Å². The lowest BCUT2D eigenvalue weighted by Gasteiger charge is -2.11. The Labute approximate surface area is 147 Å². The van der Waals surface area contributed by atoms with Gasteiger partial charge in [-0.15, -0.1) is 0 Å². The van der Waals surface area contributed by atoms with Gasteiger partial charge >= 0.3 is 12.1 Å². The Balaban J connectivity index is 1.87. The van der Waals surface area contributed by atoms with Crippen LogP contribution in [0.25, 0.3) is 6.08 Å². The summed E-state index contributed by atoms with van der Waals surface area (Å²) in [6.07, 6.45) is -1.92. The molecule has 1 heterocycles. The van der Waals surface area contributed by atoms with Crippen molar-refractivity contribution in [1.82, 2.24) is 5.32 Å². The van der Waals surface area contributed by atoms with Crippen LogP contribution in [-0.2, 0) is 27.0 Å². The number of nitrogens with one attached hydrogen (secondary N) is 1. The van der Waals surface area contributed by atoms with Gasteiger partial charge in [-0.2, -0.15) is 13.2 Å². The van der Waals surface area contributed by atoms with Crippen molar-refractivity contribution in [2.24, 2.45) is 0 Å². The smallest absolute Gasteiger partial charge is 0.416 e. The number of benzene rings is 1. The Bertz CT molecular complexity index is 782. The molecule has 8 heteroatoms. The SMILES string of the molecule is C[C@@H](OC(=O)/C=C/c1cccc(C(F)(F)F)c1)C(=O)NCc1ccco1. The first-order valence-electron chi connectivity index (χ1n) is 7.62. The van der Waals surface area contributed by atoms with E-state index in [1.807, 2.05) is 0 Å². The van der Waals surface area contributed by atoms with Crippen molar-refractivity contribution in [3.05, 3.63) is 65.6 Å². The summed E-state index contributed by atoms with van der Waals surface area (Å²) >= 11 is 0. The van der Waals surface area contributed by atoms with Crippen LogP contribution in [-0.4, -0.2) is 18.0 Å². The van der Waals surface area contributed by atoms with Crippen LogP contribution >= 0.6 is 0 Å². The summed E-state index contributed by atoms with van der Waals surface area (Å²) in [5.74, 6) is -0.827. The number of hydrogen-bond donors (Lipinski definition) is 1. The number of rotatable bonds is 6. The van der Waals surface area contributed by atoms with Gasteiger partial charge in [-0.05, 0) is 42.8 Å². The molecule has 1 atom stereocenters. The van der Waals surface area contributed by atoms with E-state index in [9.17, 15) is 22.8 Å². The highest BCUT2D eigenvalue weighted by Gasteiger charge is 2.30. The number of ether oxygens (including phenoxy) is 1. The third-order valence-electron chi connectivity index (χ3n) is 3.30. The summed E-state index contributed by atoms with van der Waals surface area (Å²) in [6.45, 7) is 1.53. The van der Waals surface area contributed by atoms with Gasteiger partial charge in [0.05, 0.1) is 18.4 Å². The first-order valence-corrected chi connectivity index (χ1v) is 7.62. The van der Waals surface area contributed by atoms with Gasteiger partial charge in [-0.25, -0.2) is 4.79 Å². The number of furan rings is 1. The van der Waals surface area contributed by atoms with E-state index in [1.54, 1.807) is 12.1 Å². The average molecular weight is 367 g/mol. The molecule has 26 heavy (non-hydrogen) atoms. The molecule has 138 valence electrons. The molecule has 2 rings (SSSR count). The second-order valence-corrected chi connectivity index (χ2v) is 5.33. The van der Waals surface area contributed by atoms with Crippen molar-refractivity contribution >= 4 is 18.0 Å². The predicted octanol–water partition coefficient (Wildman–Crippen LogP) is 3.56. The molecule has 0 fully saturated rings. The number of carbonyl (C=O) groups excluding carboxylic acids is 2. The van der Waals surface area contributed by atoms with Crippen LogP contribution in [0.3, 0.4) is 0 Å². The van der Waals surface area contributed by atoms with Crippen LogP contribution in [0.4, 0.5) is 13.2 Å². The summed E-state index contributed by atoms with van der Waals surface area (Å²) in [6, 6.07) is 7.83. The molecule has 1 N–H and O–H groups in total. The van der Waals surface area contributed by atoms with Gasteiger partial charge in [0.25, 0.3) is 5.91 Å². The minimum atomic E-state index is -4.47. The van der Waals surface area contributed by atoms with E-state index >= 15 is 0 Å². The third kappa shape index (κ3) is 5.80. The van der Waals surface area contributed by atoms with Crippen molar-refractivity contribution in [2.45, 2.75) is 25.7 Å². The lowest BCUT2D eigenvalue weighted by atomic mass is 10.1. The van der Waals surface area contributed by atoms with Crippen LogP contribution in [0.1, 0.15) is 23.8 Å². The lowest BCUT2D eigenvalue weighted by molar-refractivity contribution is -0.150. The molecule has 1 amide bonds. The maximum atomic E-state index is 12.6. The Morgan fingerprint density at radius 2 is 2.04 bits per heavy atom. The zero-order valence-electron chi connectivity index (χ0n) is 13.7. The lowest BCUT2D eigenvalue weighted by Crippen LogP contribution is -2.35. The Kier molecular flexibility index (Phi) is 6.21. The molecule has 0 bridgehead atoms. The topological polar surface area (TPSA) is 68.5 Å². The molecule has 2 aromatic rings. The van der Waals surface area contributed by atoms with Gasteiger partial charge in [0.15, 0.2) is 6.10 Å². The average Bonchev–Trinajstić information content (AvgIpc) is 3.11. The molecule has 5 nitrogen and oxygen atoms in total. The Morgan fingerprint density at radius 3 is 2.69 bits per heavy atom. The van der Waals surface area contributed by atoms with E-state index in [0.29, 0.717) is 5.76 Å². The standard InChI is InChI=1S/C18H16F3NO4/c1-12(17(24)22-11-15-6-3-9-25-15)26-16(23)8-7-13-4-2-5-14(10-13)18(19,20)21/h2-10,12H,11H2,1H3,(H,22,24)/b8-7+/t12-/m1/s1. The number of carbonyl (C=O) groups is 2. The first-order chi connectivity index (χ1) is 12.3. The molecule has 1 aromatic carbocycles. The van der Waals surface area contributed by atoms with Gasteiger partial charge in [-0.1, -0.05) is 12.1 Å². The first kappa shape index (κ1) is 19.3. The van der Waals surface area contributed by atoms with Gasteiger partial charge < -0.3 is 14.5 Å². The number of hydrogen-bond acceptors (Lipinski definition) is 4. The molecule has 0 spiro atoms. The third-order valence-corrected chi connectivity index (χ3v) is 3.30. The van der Waals surface area contributed by atoms with Crippen LogP contribution < -0.4 is 5.32 Å². The molecule has 0 saturated carbocycles. The highest BCUT2D eigenvalue weighted by molar-refractivity contribution is 5.90. The summed E-state index contributed by atoms with van der Waals surface area (Å²) in [5, 5.41) is 2.53. The number of halogens is 3. The van der Waals surface area contributed by atoms with Crippen molar-refractivity contribution in [2.75, 3.05) is 0 Å². The zero-order chi connectivity index (χ0) is 19.2. The highest BCUT2D eigenvalue weighted by atomic mass is 19.4. The van der Waals surface area contributed by atoms with Gasteiger partial charge in [0, 0.05) is 6.08 Å². The monoisotopic (exact) mass is 367 g/mol. The summed E-state index contributed by atoms with van der Waals surface area (Å²) in [4.78, 5) is 23.5. The van der Waals surface area contributed by atoms with Crippen molar-refractivity contribution in [3.63, 3.8) is 0 Å². The molecule has 1 aromatic heterocycles. The number of amides is 1. The van der Waals surface area contributed by atoms with E-state index in [4.69, 9.17) is 9.15 Å². The second-order valence-electron chi connectivity index (χ2n) is 5.33. The molecule has 0 saturated heterocycles. The van der Waals surface area contributed by atoms with E-state index in [2.05, 4.69) is 5.32 Å². The molecule has 0 radical (unpaired) electrons. The largest absolute Gasteiger partial charge is 0.467 e. The summed E-state index contributed by atoms with van der Waals surface area (Å²) in [5.41, 5.74) is -0.634. The normalized spacial score (nSPS) is 12.8. The van der Waals surface area contributed by atoms with Crippen LogP contribution in [0.2, 0.25) is 0 Å². The van der Waals surface area contributed by atoms with Gasteiger partial charge in [-0.3, -0.25) is 4.79 Å².